The van der Waals surface area contributed by atoms with Crippen molar-refractivity contribution in [2.24, 2.45) is 0 Å². The van der Waals surface area contributed by atoms with Crippen LogP contribution in [0.15, 0.2) is 70.2 Å². The van der Waals surface area contributed by atoms with Gasteiger partial charge >= 0.3 is 0 Å². The lowest BCUT2D eigenvalue weighted by Gasteiger charge is -2.25. The van der Waals surface area contributed by atoms with Crippen LogP contribution < -0.4 is 0 Å². The second-order valence-electron chi connectivity index (χ2n) is 8.53. The van der Waals surface area contributed by atoms with Crippen molar-refractivity contribution < 1.29 is 14.7 Å². The van der Waals surface area contributed by atoms with Crippen molar-refractivity contribution in [2.75, 3.05) is 6.54 Å². The van der Waals surface area contributed by atoms with E-state index in [1.54, 1.807) is 11.0 Å². The molecule has 1 aliphatic rings. The van der Waals surface area contributed by atoms with E-state index >= 15 is 0 Å². The number of para-hydroxylation sites is 1. The molecule has 1 aliphatic heterocycles. The second kappa shape index (κ2) is 8.89. The summed E-state index contributed by atoms with van der Waals surface area (Å²) >= 11 is 4.97. The van der Waals surface area contributed by atoms with Gasteiger partial charge in [-0.2, -0.15) is 0 Å². The zero-order chi connectivity index (χ0) is 24.0. The van der Waals surface area contributed by atoms with Crippen molar-refractivity contribution >= 4 is 55.6 Å². The number of nitrogens with one attached hydrogen (secondary N) is 1. The smallest absolute Gasteiger partial charge is 0.295 e. The molecule has 1 atom stereocenters. The van der Waals surface area contributed by atoms with Crippen LogP contribution in [0.2, 0.25) is 0 Å². The largest absolute Gasteiger partial charge is 0.507 e. The molecule has 1 saturated heterocycles. The third-order valence-corrected chi connectivity index (χ3v) is 8.38. The molecule has 0 aliphatic carbocycles. The Hall–Kier alpha value is -3.16. The Morgan fingerprint density at radius 1 is 1.12 bits per heavy atom. The predicted octanol–water partition coefficient (Wildman–Crippen LogP) is 6.27. The number of aliphatic hydroxyl groups is 1. The molecule has 4 aromatic rings. The molecule has 5 nitrogen and oxygen atoms in total. The lowest BCUT2D eigenvalue weighted by Crippen LogP contribution is -2.31. The van der Waals surface area contributed by atoms with E-state index in [1.807, 2.05) is 67.9 Å². The number of likely N-dealkylation sites (tertiary alicyclic amines) is 1. The highest BCUT2D eigenvalue weighted by Crippen LogP contribution is 2.43. The Kier molecular flexibility index (Phi) is 5.91. The van der Waals surface area contributed by atoms with Crippen LogP contribution in [0, 0.1) is 13.8 Å². The van der Waals surface area contributed by atoms with Crippen LogP contribution in [0.25, 0.3) is 16.7 Å². The molecule has 5 rings (SSSR count). The maximum Gasteiger partial charge on any atom is 0.295 e. The van der Waals surface area contributed by atoms with Gasteiger partial charge in [0.1, 0.15) is 5.76 Å². The van der Waals surface area contributed by atoms with Crippen molar-refractivity contribution in [3.63, 3.8) is 0 Å². The van der Waals surface area contributed by atoms with Gasteiger partial charge in [0.25, 0.3) is 11.7 Å². The lowest BCUT2D eigenvalue weighted by atomic mass is 9.97. The van der Waals surface area contributed by atoms with Crippen LogP contribution in [0.1, 0.15) is 33.2 Å². The lowest BCUT2D eigenvalue weighted by molar-refractivity contribution is -0.139. The summed E-state index contributed by atoms with van der Waals surface area (Å²) in [6.45, 7) is 4.25. The second-order valence-corrected chi connectivity index (χ2v) is 10.3. The quantitative estimate of drug-likeness (QED) is 0.180. The van der Waals surface area contributed by atoms with E-state index in [0.29, 0.717) is 18.5 Å². The number of halogens is 1. The van der Waals surface area contributed by atoms with Crippen molar-refractivity contribution in [3.8, 4) is 0 Å². The monoisotopic (exact) mass is 534 g/mol. The van der Waals surface area contributed by atoms with Gasteiger partial charge in [0.2, 0.25) is 0 Å². The zero-order valence-corrected chi connectivity index (χ0v) is 21.2. The van der Waals surface area contributed by atoms with Crippen LogP contribution in [0.5, 0.6) is 0 Å². The fraction of sp³-hybridized carbons (Fsp3) is 0.185. The maximum atomic E-state index is 13.3. The molecular formula is C27H23BrN2O3S. The van der Waals surface area contributed by atoms with Gasteiger partial charge in [-0.25, -0.2) is 0 Å². The van der Waals surface area contributed by atoms with Crippen LogP contribution in [0.4, 0.5) is 0 Å². The number of hydrogen-bond donors (Lipinski definition) is 2. The summed E-state index contributed by atoms with van der Waals surface area (Å²) in [5.41, 5.74) is 4.72. The third-order valence-electron chi connectivity index (χ3n) is 6.42. The number of Topliss-reactive ketones (excluding diaryl/α,β-unsaturated/α-hetero) is 1. The van der Waals surface area contributed by atoms with Crippen molar-refractivity contribution in [1.29, 1.82) is 0 Å². The van der Waals surface area contributed by atoms with E-state index in [9.17, 15) is 14.7 Å². The number of fused-ring (bicyclic) bond motifs is 1. The fourth-order valence-corrected chi connectivity index (χ4v) is 5.87. The Bertz CT molecular complexity index is 1470. The van der Waals surface area contributed by atoms with E-state index in [1.165, 1.54) is 11.3 Å². The minimum atomic E-state index is -0.644. The van der Waals surface area contributed by atoms with Gasteiger partial charge in [0, 0.05) is 38.6 Å². The highest BCUT2D eigenvalue weighted by molar-refractivity contribution is 9.10. The summed E-state index contributed by atoms with van der Waals surface area (Å²) in [5, 5.41) is 14.3. The summed E-state index contributed by atoms with van der Waals surface area (Å²) in [6, 6.07) is 14.8. The summed E-state index contributed by atoms with van der Waals surface area (Å²) in [6.07, 6.45) is 2.55. The van der Waals surface area contributed by atoms with Gasteiger partial charge in [-0.1, -0.05) is 40.2 Å². The molecule has 0 bridgehead atoms. The number of thiophene rings is 1. The normalized spacial score (nSPS) is 17.7. The van der Waals surface area contributed by atoms with Gasteiger partial charge in [0.05, 0.1) is 11.6 Å². The predicted molar refractivity (Wildman–Crippen MR) is 139 cm³/mol. The zero-order valence-electron chi connectivity index (χ0n) is 18.8. The fourth-order valence-electron chi connectivity index (χ4n) is 4.57. The molecule has 1 amide bonds. The van der Waals surface area contributed by atoms with Gasteiger partial charge < -0.3 is 15.0 Å². The molecular weight excluding hydrogens is 512 g/mol. The average molecular weight is 535 g/mol. The van der Waals surface area contributed by atoms with Gasteiger partial charge in [-0.3, -0.25) is 9.59 Å². The number of rotatable bonds is 5. The Morgan fingerprint density at radius 3 is 2.65 bits per heavy atom. The summed E-state index contributed by atoms with van der Waals surface area (Å²) in [7, 11) is 0. The number of hydrogen-bond acceptors (Lipinski definition) is 4. The summed E-state index contributed by atoms with van der Waals surface area (Å²) < 4.78 is 0.911. The highest BCUT2D eigenvalue weighted by Gasteiger charge is 2.46. The number of ketones is 1. The molecule has 0 radical (unpaired) electrons. The first-order chi connectivity index (χ1) is 16.4. The number of aliphatic hydroxyl groups excluding tert-OH is 1. The number of nitrogens with zero attached hydrogens (tertiary/aromatic N) is 1. The van der Waals surface area contributed by atoms with Crippen molar-refractivity contribution in [3.05, 3.63) is 97.3 Å². The minimum absolute atomic E-state index is 0.138. The summed E-state index contributed by atoms with van der Waals surface area (Å²) in [5.74, 6) is -1.36. The Morgan fingerprint density at radius 2 is 1.91 bits per heavy atom. The minimum Gasteiger partial charge on any atom is -0.507 e. The molecule has 172 valence electrons. The maximum absolute atomic E-state index is 13.3. The van der Waals surface area contributed by atoms with E-state index < -0.39 is 17.7 Å². The molecule has 0 saturated carbocycles. The molecule has 1 fully saturated rings. The average Bonchev–Trinajstić information content (AvgIpc) is 3.51. The molecule has 1 unspecified atom stereocenters. The molecule has 2 aromatic heterocycles. The van der Waals surface area contributed by atoms with Gasteiger partial charge in [-0.05, 0) is 66.6 Å². The number of aromatic amines is 1. The van der Waals surface area contributed by atoms with E-state index in [2.05, 4.69) is 20.9 Å². The van der Waals surface area contributed by atoms with Crippen LogP contribution in [-0.4, -0.2) is 33.2 Å². The molecule has 2 aromatic carbocycles. The number of aromatic nitrogens is 1. The summed E-state index contributed by atoms with van der Waals surface area (Å²) in [4.78, 5) is 32.3. The Balaban J connectivity index is 1.57. The number of aryl methyl sites for hydroxylation is 2. The molecule has 34 heavy (non-hydrogen) atoms. The first-order valence-electron chi connectivity index (χ1n) is 11.0. The molecule has 2 N–H and O–H groups in total. The molecule has 0 spiro atoms. The Labute approximate surface area is 209 Å². The van der Waals surface area contributed by atoms with Crippen LogP contribution in [-0.2, 0) is 16.0 Å². The topological polar surface area (TPSA) is 73.4 Å². The first-order valence-corrected chi connectivity index (χ1v) is 12.7. The third kappa shape index (κ3) is 3.79. The number of carbonyl (C=O) groups excluding carboxylic acids is 2. The van der Waals surface area contributed by atoms with Gasteiger partial charge in [0.15, 0.2) is 0 Å². The highest BCUT2D eigenvalue weighted by atomic mass is 79.9. The van der Waals surface area contributed by atoms with Gasteiger partial charge in [-0.15, -0.1) is 11.3 Å². The van der Waals surface area contributed by atoms with Crippen LogP contribution in [0.3, 0.4) is 0 Å². The number of amides is 1. The van der Waals surface area contributed by atoms with E-state index in [4.69, 9.17) is 0 Å². The van der Waals surface area contributed by atoms with Crippen molar-refractivity contribution in [2.45, 2.75) is 26.3 Å². The number of H-pyrrole nitrogens is 1. The SMILES string of the molecule is Cc1cc(/C(O)=C2/C(=O)C(=O)N(CCc3c[nH]c4ccccc34)C2c2sccc2C)ccc1Br. The molecule has 3 heterocycles. The van der Waals surface area contributed by atoms with Crippen molar-refractivity contribution in [1.82, 2.24) is 9.88 Å². The van der Waals surface area contributed by atoms with Crippen LogP contribution >= 0.6 is 27.3 Å². The first kappa shape index (κ1) is 22.6. The van der Waals surface area contributed by atoms with E-state index in [0.717, 1.165) is 36.9 Å². The standard InChI is InChI=1S/C27H23BrN2O3S/c1-15-10-12-34-26(15)23-22(24(31)17-7-8-20(28)16(2)13-17)25(32)27(33)30(23)11-9-18-14-29-21-6-4-3-5-19(18)21/h3-8,10,12-14,23,29,31H,9,11H2,1-2H3/b24-22-. The number of benzene rings is 2. The number of carbonyl (C=O) groups is 2. The van der Waals surface area contributed by atoms with E-state index in [-0.39, 0.29) is 11.3 Å². The molecule has 7 heteroatoms.